The lowest BCUT2D eigenvalue weighted by Gasteiger charge is -2.31. The van der Waals surface area contributed by atoms with Gasteiger partial charge in [0.05, 0.1) is 11.1 Å². The number of benzene rings is 1. The van der Waals surface area contributed by atoms with Gasteiger partial charge in [0.1, 0.15) is 5.75 Å². The molecule has 2 nitrogen and oxygen atoms in total. The van der Waals surface area contributed by atoms with Crippen LogP contribution < -0.4 is 10.1 Å². The largest absolute Gasteiger partial charge is 0.492 e. The summed E-state index contributed by atoms with van der Waals surface area (Å²) in [5, 5.41) is 3.70. The lowest BCUT2D eigenvalue weighted by Crippen LogP contribution is -2.29. The summed E-state index contributed by atoms with van der Waals surface area (Å²) in [7, 11) is 0. The SMILES string of the molecule is CCCOc1ccc(C(NCC)C2CCCCC2)cc1Br. The first-order valence-corrected chi connectivity index (χ1v) is 9.21. The Morgan fingerprint density at radius 1 is 1.24 bits per heavy atom. The standard InChI is InChI=1S/C18H28BrNO/c1-3-12-21-17-11-10-15(13-16(17)19)18(20-4-2)14-8-6-5-7-9-14/h10-11,13-14,18,20H,3-9,12H2,1-2H3. The van der Waals surface area contributed by atoms with E-state index in [1.54, 1.807) is 0 Å². The third kappa shape index (κ3) is 4.72. The second-order valence-corrected chi connectivity index (χ2v) is 6.83. The minimum Gasteiger partial charge on any atom is -0.492 e. The first-order chi connectivity index (χ1) is 10.3. The summed E-state index contributed by atoms with van der Waals surface area (Å²) in [5.74, 6) is 1.73. The minimum absolute atomic E-state index is 0.479. The Morgan fingerprint density at radius 2 is 2.00 bits per heavy atom. The third-order valence-electron chi connectivity index (χ3n) is 4.32. The van der Waals surface area contributed by atoms with Crippen LogP contribution in [0.4, 0.5) is 0 Å². The highest BCUT2D eigenvalue weighted by molar-refractivity contribution is 9.10. The molecule has 0 radical (unpaired) electrons. The summed E-state index contributed by atoms with van der Waals surface area (Å²) in [6.07, 6.45) is 7.91. The summed E-state index contributed by atoms with van der Waals surface area (Å²) in [5.41, 5.74) is 1.39. The Morgan fingerprint density at radius 3 is 2.62 bits per heavy atom. The Labute approximate surface area is 137 Å². The smallest absolute Gasteiger partial charge is 0.133 e. The maximum absolute atomic E-state index is 5.76. The van der Waals surface area contributed by atoms with Crippen LogP contribution in [0.15, 0.2) is 22.7 Å². The van der Waals surface area contributed by atoms with Crippen molar-refractivity contribution >= 4 is 15.9 Å². The first-order valence-electron chi connectivity index (χ1n) is 8.41. The van der Waals surface area contributed by atoms with Crippen molar-refractivity contribution in [3.63, 3.8) is 0 Å². The lowest BCUT2D eigenvalue weighted by molar-refractivity contribution is 0.274. The molecule has 0 aromatic heterocycles. The average Bonchev–Trinajstić information content (AvgIpc) is 2.52. The van der Waals surface area contributed by atoms with E-state index in [9.17, 15) is 0 Å². The molecule has 0 spiro atoms. The van der Waals surface area contributed by atoms with Crippen LogP contribution in [0.1, 0.15) is 64.0 Å². The zero-order valence-corrected chi connectivity index (χ0v) is 14.9. The third-order valence-corrected chi connectivity index (χ3v) is 4.94. The molecule has 1 aliphatic rings. The van der Waals surface area contributed by atoms with Crippen molar-refractivity contribution in [2.75, 3.05) is 13.2 Å². The molecule has 1 saturated carbocycles. The molecule has 0 bridgehead atoms. The van der Waals surface area contributed by atoms with Crippen LogP contribution in [0, 0.1) is 5.92 Å². The Balaban J connectivity index is 2.13. The van der Waals surface area contributed by atoms with E-state index in [1.165, 1.54) is 37.7 Å². The van der Waals surface area contributed by atoms with E-state index in [1.807, 2.05) is 0 Å². The van der Waals surface area contributed by atoms with Gasteiger partial charge < -0.3 is 10.1 Å². The molecule has 0 heterocycles. The van der Waals surface area contributed by atoms with Crippen LogP contribution >= 0.6 is 15.9 Å². The molecule has 0 saturated heterocycles. The van der Waals surface area contributed by atoms with Crippen molar-refractivity contribution in [1.82, 2.24) is 5.32 Å². The number of nitrogens with one attached hydrogen (secondary N) is 1. The van der Waals surface area contributed by atoms with Gasteiger partial charge in [-0.1, -0.05) is 39.2 Å². The van der Waals surface area contributed by atoms with Crippen LogP contribution in [0.5, 0.6) is 5.75 Å². The summed E-state index contributed by atoms with van der Waals surface area (Å²) in [6.45, 7) is 6.13. The minimum atomic E-state index is 0.479. The van der Waals surface area contributed by atoms with Crippen molar-refractivity contribution in [2.45, 2.75) is 58.4 Å². The molecule has 1 N–H and O–H groups in total. The van der Waals surface area contributed by atoms with E-state index < -0.39 is 0 Å². The normalized spacial score (nSPS) is 17.7. The fraction of sp³-hybridized carbons (Fsp3) is 0.667. The van der Waals surface area contributed by atoms with Crippen LogP contribution in [-0.4, -0.2) is 13.2 Å². The van der Waals surface area contributed by atoms with Gasteiger partial charge >= 0.3 is 0 Å². The Hall–Kier alpha value is -0.540. The molecule has 3 heteroatoms. The van der Waals surface area contributed by atoms with Crippen molar-refractivity contribution in [1.29, 1.82) is 0 Å². The zero-order chi connectivity index (χ0) is 15.1. The van der Waals surface area contributed by atoms with Crippen LogP contribution in [-0.2, 0) is 0 Å². The van der Waals surface area contributed by atoms with Crippen molar-refractivity contribution in [3.05, 3.63) is 28.2 Å². The molecule has 1 aliphatic carbocycles. The number of halogens is 1. The Bertz CT molecular complexity index is 429. The fourth-order valence-electron chi connectivity index (χ4n) is 3.28. The maximum Gasteiger partial charge on any atom is 0.133 e. The summed E-state index contributed by atoms with van der Waals surface area (Å²) in [4.78, 5) is 0. The number of hydrogen-bond acceptors (Lipinski definition) is 2. The van der Waals surface area contributed by atoms with Gasteiger partial charge in [0, 0.05) is 6.04 Å². The highest BCUT2D eigenvalue weighted by atomic mass is 79.9. The van der Waals surface area contributed by atoms with Gasteiger partial charge in [0.2, 0.25) is 0 Å². The number of rotatable bonds is 7. The van der Waals surface area contributed by atoms with Crippen LogP contribution in [0.2, 0.25) is 0 Å². The monoisotopic (exact) mass is 353 g/mol. The molecule has 1 atom stereocenters. The zero-order valence-electron chi connectivity index (χ0n) is 13.3. The molecule has 0 amide bonds. The second-order valence-electron chi connectivity index (χ2n) is 5.97. The van der Waals surface area contributed by atoms with E-state index in [2.05, 4.69) is 53.3 Å². The quantitative estimate of drug-likeness (QED) is 0.701. The van der Waals surface area contributed by atoms with Crippen LogP contribution in [0.3, 0.4) is 0 Å². The maximum atomic E-state index is 5.76. The van der Waals surface area contributed by atoms with Gasteiger partial charge in [-0.25, -0.2) is 0 Å². The molecular formula is C18H28BrNO. The van der Waals surface area contributed by atoms with Gasteiger partial charge in [-0.2, -0.15) is 0 Å². The highest BCUT2D eigenvalue weighted by Crippen LogP contribution is 2.37. The molecule has 1 aromatic carbocycles. The van der Waals surface area contributed by atoms with E-state index in [4.69, 9.17) is 4.74 Å². The summed E-state index contributed by atoms with van der Waals surface area (Å²) >= 11 is 3.67. The van der Waals surface area contributed by atoms with Crippen molar-refractivity contribution in [3.8, 4) is 5.75 Å². The molecule has 21 heavy (non-hydrogen) atoms. The lowest BCUT2D eigenvalue weighted by atomic mass is 9.81. The summed E-state index contributed by atoms with van der Waals surface area (Å²) in [6, 6.07) is 7.07. The number of hydrogen-bond donors (Lipinski definition) is 1. The van der Waals surface area contributed by atoms with Crippen LogP contribution in [0.25, 0.3) is 0 Å². The van der Waals surface area contributed by atoms with Gasteiger partial charge in [0.15, 0.2) is 0 Å². The molecule has 118 valence electrons. The fourth-order valence-corrected chi connectivity index (χ4v) is 3.79. The molecule has 0 aliphatic heterocycles. The number of ether oxygens (including phenoxy) is 1. The van der Waals surface area contributed by atoms with E-state index in [0.29, 0.717) is 6.04 Å². The summed E-state index contributed by atoms with van der Waals surface area (Å²) < 4.78 is 6.83. The van der Waals surface area contributed by atoms with Gasteiger partial charge in [0.25, 0.3) is 0 Å². The second kappa shape index (κ2) is 8.79. The van der Waals surface area contributed by atoms with E-state index in [0.717, 1.165) is 35.7 Å². The topological polar surface area (TPSA) is 21.3 Å². The first kappa shape index (κ1) is 16.8. The molecule has 2 rings (SSSR count). The molecule has 1 unspecified atom stereocenters. The van der Waals surface area contributed by atoms with E-state index >= 15 is 0 Å². The van der Waals surface area contributed by atoms with Gasteiger partial charge in [-0.3, -0.25) is 0 Å². The van der Waals surface area contributed by atoms with Crippen molar-refractivity contribution in [2.24, 2.45) is 5.92 Å². The average molecular weight is 354 g/mol. The highest BCUT2D eigenvalue weighted by Gasteiger charge is 2.24. The Kier molecular flexibility index (Phi) is 7.05. The molecule has 1 aromatic rings. The molecule has 1 fully saturated rings. The predicted octanol–water partition coefficient (Wildman–Crippen LogP) is 5.47. The van der Waals surface area contributed by atoms with E-state index in [-0.39, 0.29) is 0 Å². The van der Waals surface area contributed by atoms with Gasteiger partial charge in [-0.15, -0.1) is 0 Å². The van der Waals surface area contributed by atoms with Gasteiger partial charge in [-0.05, 0) is 65.4 Å². The molecular weight excluding hydrogens is 326 g/mol. The predicted molar refractivity (Wildman–Crippen MR) is 92.9 cm³/mol. The van der Waals surface area contributed by atoms with Crippen molar-refractivity contribution < 1.29 is 4.74 Å².